The third-order valence-corrected chi connectivity index (χ3v) is 3.32. The Morgan fingerprint density at radius 2 is 2.23 bits per heavy atom. The van der Waals surface area contributed by atoms with Crippen LogP contribution in [0.15, 0.2) is 12.2 Å². The van der Waals surface area contributed by atoms with Gasteiger partial charge in [0.25, 0.3) is 0 Å². The molecule has 0 aromatic rings. The standard InChI is InChI=1S/C11H21NS/c1-9-5-11(3,4)12(6-9)7-10(2)8-13/h9,13H,2,5-8H2,1,3-4H3. The molecule has 0 aromatic carbocycles. The van der Waals surface area contributed by atoms with Gasteiger partial charge in [-0.3, -0.25) is 4.90 Å². The van der Waals surface area contributed by atoms with E-state index in [1.807, 2.05) is 0 Å². The Balaban J connectivity index is 2.55. The summed E-state index contributed by atoms with van der Waals surface area (Å²) < 4.78 is 0. The van der Waals surface area contributed by atoms with Crippen LogP contribution in [0.3, 0.4) is 0 Å². The first-order valence-corrected chi connectivity index (χ1v) is 5.61. The fraction of sp³-hybridized carbons (Fsp3) is 0.818. The van der Waals surface area contributed by atoms with E-state index >= 15 is 0 Å². The van der Waals surface area contributed by atoms with Crippen molar-refractivity contribution in [3.63, 3.8) is 0 Å². The van der Waals surface area contributed by atoms with E-state index in [4.69, 9.17) is 0 Å². The van der Waals surface area contributed by atoms with E-state index in [0.29, 0.717) is 5.54 Å². The molecular formula is C11H21NS. The normalized spacial score (nSPS) is 27.8. The summed E-state index contributed by atoms with van der Waals surface area (Å²) in [6.07, 6.45) is 1.30. The first-order chi connectivity index (χ1) is 5.95. The summed E-state index contributed by atoms with van der Waals surface area (Å²) in [5, 5.41) is 0. The largest absolute Gasteiger partial charge is 0.294 e. The SMILES string of the molecule is C=C(CS)CN1CC(C)CC1(C)C. The van der Waals surface area contributed by atoms with Gasteiger partial charge in [-0.25, -0.2) is 0 Å². The highest BCUT2D eigenvalue weighted by Crippen LogP contribution is 2.32. The lowest BCUT2D eigenvalue weighted by Gasteiger charge is -2.31. The van der Waals surface area contributed by atoms with Crippen LogP contribution in [0, 0.1) is 5.92 Å². The number of hydrogen-bond acceptors (Lipinski definition) is 2. The summed E-state index contributed by atoms with van der Waals surface area (Å²) in [5.74, 6) is 1.63. The van der Waals surface area contributed by atoms with Gasteiger partial charge in [-0.05, 0) is 26.2 Å². The Bertz CT molecular complexity index is 198. The number of thiol groups is 1. The van der Waals surface area contributed by atoms with Crippen molar-refractivity contribution in [2.24, 2.45) is 5.92 Å². The fourth-order valence-corrected chi connectivity index (χ4v) is 2.37. The quantitative estimate of drug-likeness (QED) is 0.540. The topological polar surface area (TPSA) is 3.24 Å². The molecule has 13 heavy (non-hydrogen) atoms. The van der Waals surface area contributed by atoms with Gasteiger partial charge < -0.3 is 0 Å². The zero-order valence-corrected chi connectivity index (χ0v) is 9.90. The van der Waals surface area contributed by atoms with Crippen LogP contribution in [0.1, 0.15) is 27.2 Å². The molecule has 0 radical (unpaired) electrons. The molecule has 1 aliphatic rings. The van der Waals surface area contributed by atoms with Crippen molar-refractivity contribution in [2.75, 3.05) is 18.8 Å². The van der Waals surface area contributed by atoms with Crippen LogP contribution in [0.4, 0.5) is 0 Å². The van der Waals surface area contributed by atoms with Crippen molar-refractivity contribution >= 4 is 12.6 Å². The Morgan fingerprint density at radius 1 is 1.62 bits per heavy atom. The van der Waals surface area contributed by atoms with Gasteiger partial charge in [0.1, 0.15) is 0 Å². The first-order valence-electron chi connectivity index (χ1n) is 4.98. The highest BCUT2D eigenvalue weighted by molar-refractivity contribution is 7.80. The molecule has 1 nitrogen and oxygen atoms in total. The van der Waals surface area contributed by atoms with Gasteiger partial charge in [0.05, 0.1) is 0 Å². The number of likely N-dealkylation sites (tertiary alicyclic amines) is 1. The van der Waals surface area contributed by atoms with Gasteiger partial charge in [-0.2, -0.15) is 12.6 Å². The molecule has 2 heteroatoms. The highest BCUT2D eigenvalue weighted by atomic mass is 32.1. The van der Waals surface area contributed by atoms with E-state index in [-0.39, 0.29) is 0 Å². The summed E-state index contributed by atoms with van der Waals surface area (Å²) >= 11 is 4.24. The maximum atomic E-state index is 4.24. The summed E-state index contributed by atoms with van der Waals surface area (Å²) in [6, 6.07) is 0. The molecule has 1 rings (SSSR count). The molecule has 0 bridgehead atoms. The average Bonchev–Trinajstić information content (AvgIpc) is 2.24. The molecule has 0 N–H and O–H groups in total. The zero-order valence-electron chi connectivity index (χ0n) is 9.01. The maximum Gasteiger partial charge on any atom is 0.0203 e. The second-order valence-corrected chi connectivity index (χ2v) is 5.23. The Labute approximate surface area is 87.6 Å². The molecule has 0 saturated carbocycles. The van der Waals surface area contributed by atoms with Gasteiger partial charge >= 0.3 is 0 Å². The Morgan fingerprint density at radius 3 is 2.62 bits per heavy atom. The van der Waals surface area contributed by atoms with E-state index in [0.717, 1.165) is 18.2 Å². The van der Waals surface area contributed by atoms with Gasteiger partial charge in [0, 0.05) is 24.4 Å². The minimum Gasteiger partial charge on any atom is -0.294 e. The third-order valence-electron chi connectivity index (χ3n) is 2.87. The second kappa shape index (κ2) is 4.05. The van der Waals surface area contributed by atoms with Crippen LogP contribution in [0.25, 0.3) is 0 Å². The highest BCUT2D eigenvalue weighted by Gasteiger charge is 2.35. The molecule has 76 valence electrons. The molecule has 0 spiro atoms. The molecular weight excluding hydrogens is 178 g/mol. The van der Waals surface area contributed by atoms with E-state index in [9.17, 15) is 0 Å². The summed E-state index contributed by atoms with van der Waals surface area (Å²) in [4.78, 5) is 2.52. The Kier molecular flexibility index (Phi) is 3.47. The predicted octanol–water partition coefficient (Wildman–Crippen LogP) is 2.59. The summed E-state index contributed by atoms with van der Waals surface area (Å²) in [5.41, 5.74) is 1.58. The maximum absolute atomic E-state index is 4.24. The lowest BCUT2D eigenvalue weighted by molar-refractivity contribution is 0.191. The molecule has 1 aliphatic heterocycles. The molecule has 1 atom stereocenters. The number of nitrogens with zero attached hydrogens (tertiary/aromatic N) is 1. The average molecular weight is 199 g/mol. The monoisotopic (exact) mass is 199 g/mol. The zero-order chi connectivity index (χ0) is 10.1. The van der Waals surface area contributed by atoms with Crippen molar-refractivity contribution in [1.82, 2.24) is 4.90 Å². The predicted molar refractivity (Wildman–Crippen MR) is 62.4 cm³/mol. The van der Waals surface area contributed by atoms with Crippen LogP contribution in [-0.4, -0.2) is 29.3 Å². The Hall–Kier alpha value is 0.0500. The van der Waals surface area contributed by atoms with Crippen molar-refractivity contribution in [2.45, 2.75) is 32.7 Å². The number of hydrogen-bond donors (Lipinski definition) is 1. The van der Waals surface area contributed by atoms with Crippen LogP contribution >= 0.6 is 12.6 Å². The molecule has 1 fully saturated rings. The molecule has 0 aromatic heterocycles. The molecule has 0 amide bonds. The fourth-order valence-electron chi connectivity index (χ4n) is 2.27. The van der Waals surface area contributed by atoms with Crippen LogP contribution in [0.2, 0.25) is 0 Å². The van der Waals surface area contributed by atoms with Gasteiger partial charge in [-0.1, -0.05) is 19.1 Å². The van der Waals surface area contributed by atoms with E-state index < -0.39 is 0 Å². The smallest absolute Gasteiger partial charge is 0.0203 e. The van der Waals surface area contributed by atoms with Crippen molar-refractivity contribution < 1.29 is 0 Å². The van der Waals surface area contributed by atoms with Crippen molar-refractivity contribution in [3.8, 4) is 0 Å². The van der Waals surface area contributed by atoms with E-state index in [1.54, 1.807) is 0 Å². The minimum atomic E-state index is 0.352. The minimum absolute atomic E-state index is 0.352. The summed E-state index contributed by atoms with van der Waals surface area (Å²) in [7, 11) is 0. The number of rotatable bonds is 3. The van der Waals surface area contributed by atoms with E-state index in [2.05, 4.69) is 44.9 Å². The van der Waals surface area contributed by atoms with Crippen LogP contribution < -0.4 is 0 Å². The van der Waals surface area contributed by atoms with E-state index in [1.165, 1.54) is 18.5 Å². The van der Waals surface area contributed by atoms with Crippen LogP contribution in [-0.2, 0) is 0 Å². The van der Waals surface area contributed by atoms with Gasteiger partial charge in [-0.15, -0.1) is 0 Å². The third kappa shape index (κ3) is 2.75. The van der Waals surface area contributed by atoms with Crippen LogP contribution in [0.5, 0.6) is 0 Å². The van der Waals surface area contributed by atoms with Crippen molar-refractivity contribution in [1.29, 1.82) is 0 Å². The lowest BCUT2D eigenvalue weighted by Crippen LogP contribution is -2.39. The van der Waals surface area contributed by atoms with Gasteiger partial charge in [0.15, 0.2) is 0 Å². The second-order valence-electron chi connectivity index (χ2n) is 4.91. The molecule has 1 unspecified atom stereocenters. The first kappa shape index (κ1) is 11.1. The lowest BCUT2D eigenvalue weighted by atomic mass is 9.97. The molecule has 0 aliphatic carbocycles. The van der Waals surface area contributed by atoms with Gasteiger partial charge in [0.2, 0.25) is 0 Å². The summed E-state index contributed by atoms with van der Waals surface area (Å²) in [6.45, 7) is 13.2. The molecule has 1 heterocycles. The van der Waals surface area contributed by atoms with Crippen molar-refractivity contribution in [3.05, 3.63) is 12.2 Å². The molecule has 1 saturated heterocycles.